The molecule has 0 heterocycles. The Morgan fingerprint density at radius 3 is 2.43 bits per heavy atom. The molecule has 0 saturated carbocycles. The lowest BCUT2D eigenvalue weighted by atomic mass is 10.0. The molecule has 0 N–H and O–H groups in total. The number of methoxy groups -OCH3 is 1. The molecule has 4 unspecified atom stereocenters. The van der Waals surface area contributed by atoms with Crippen LogP contribution in [0.4, 0.5) is 4.39 Å². The fraction of sp³-hybridized carbons (Fsp3) is 0.632. The maximum absolute atomic E-state index is 14.0. The van der Waals surface area contributed by atoms with E-state index < -0.39 is 6.10 Å². The van der Waals surface area contributed by atoms with Crippen molar-refractivity contribution >= 4 is 5.90 Å². The molecule has 0 saturated heterocycles. The fourth-order valence-corrected chi connectivity index (χ4v) is 2.75. The largest absolute Gasteiger partial charge is 0.475 e. The van der Waals surface area contributed by atoms with Crippen molar-refractivity contribution in [2.24, 2.45) is 10.9 Å². The summed E-state index contributed by atoms with van der Waals surface area (Å²) < 4.78 is 25.3. The molecular weight excluding hydrogens is 293 g/mol. The molecule has 0 radical (unpaired) electrons. The van der Waals surface area contributed by atoms with E-state index in [4.69, 9.17) is 9.47 Å². The van der Waals surface area contributed by atoms with Gasteiger partial charge in [0.15, 0.2) is 5.90 Å². The summed E-state index contributed by atoms with van der Waals surface area (Å²) in [4.78, 5) is 4.58. The molecule has 0 aliphatic rings. The van der Waals surface area contributed by atoms with Crippen LogP contribution in [0.5, 0.6) is 0 Å². The molecule has 130 valence electrons. The number of rotatable bonds is 8. The number of ether oxygens (including phenoxy) is 2. The van der Waals surface area contributed by atoms with Gasteiger partial charge in [0.2, 0.25) is 0 Å². The Morgan fingerprint density at radius 2 is 1.87 bits per heavy atom. The van der Waals surface area contributed by atoms with Gasteiger partial charge < -0.3 is 9.47 Å². The van der Waals surface area contributed by atoms with Crippen LogP contribution in [0.2, 0.25) is 0 Å². The lowest BCUT2D eigenvalue weighted by Gasteiger charge is -2.24. The summed E-state index contributed by atoms with van der Waals surface area (Å²) in [6.07, 6.45) is 1.39. The molecule has 1 aromatic carbocycles. The van der Waals surface area contributed by atoms with Crippen molar-refractivity contribution in [3.8, 4) is 0 Å². The van der Waals surface area contributed by atoms with Crippen molar-refractivity contribution < 1.29 is 13.9 Å². The number of nitrogens with zero attached hydrogens (tertiary/aromatic N) is 1. The maximum atomic E-state index is 14.0. The molecule has 0 amide bonds. The lowest BCUT2D eigenvalue weighted by Crippen LogP contribution is -2.24. The van der Waals surface area contributed by atoms with Crippen molar-refractivity contribution in [1.82, 2.24) is 0 Å². The highest BCUT2D eigenvalue weighted by Crippen LogP contribution is 2.25. The molecule has 1 rings (SSSR count). The molecule has 0 aliphatic carbocycles. The summed E-state index contributed by atoms with van der Waals surface area (Å²) in [7, 11) is 1.56. The third-order valence-electron chi connectivity index (χ3n) is 4.09. The Balaban J connectivity index is 2.72. The van der Waals surface area contributed by atoms with Crippen LogP contribution < -0.4 is 0 Å². The number of hydrogen-bond donors (Lipinski definition) is 0. The highest BCUT2D eigenvalue weighted by atomic mass is 19.1. The second-order valence-corrected chi connectivity index (χ2v) is 6.25. The first-order valence-electron chi connectivity index (χ1n) is 8.37. The minimum atomic E-state index is -0.466. The lowest BCUT2D eigenvalue weighted by molar-refractivity contribution is 0.000869. The zero-order chi connectivity index (χ0) is 17.4. The van der Waals surface area contributed by atoms with Crippen molar-refractivity contribution in [2.45, 2.75) is 65.7 Å². The molecule has 4 heteroatoms. The van der Waals surface area contributed by atoms with Gasteiger partial charge in [0.05, 0.1) is 6.04 Å². The van der Waals surface area contributed by atoms with Crippen LogP contribution in [0.25, 0.3) is 0 Å². The van der Waals surface area contributed by atoms with E-state index in [1.54, 1.807) is 25.3 Å². The Bertz CT molecular complexity index is 504. The van der Waals surface area contributed by atoms with E-state index in [2.05, 4.69) is 25.8 Å². The first-order valence-corrected chi connectivity index (χ1v) is 8.37. The standard InChI is InChI=1S/C19H30FNO2/c1-7-13(2)12-14(3)21-16(5)23-15(4)19(22-6)17-10-8-9-11-18(17)20/h8-11,13-15,19H,7,12H2,1-6H3. The van der Waals surface area contributed by atoms with Crippen molar-refractivity contribution in [3.63, 3.8) is 0 Å². The van der Waals surface area contributed by atoms with Gasteiger partial charge in [-0.15, -0.1) is 0 Å². The zero-order valence-corrected chi connectivity index (χ0v) is 15.2. The summed E-state index contributed by atoms with van der Waals surface area (Å²) in [5, 5.41) is 0. The van der Waals surface area contributed by atoms with Crippen LogP contribution in [-0.2, 0) is 9.47 Å². The van der Waals surface area contributed by atoms with E-state index in [1.165, 1.54) is 6.07 Å². The third kappa shape index (κ3) is 6.30. The van der Waals surface area contributed by atoms with E-state index in [-0.39, 0.29) is 18.0 Å². The average Bonchev–Trinajstić information content (AvgIpc) is 2.49. The van der Waals surface area contributed by atoms with Crippen LogP contribution in [0.3, 0.4) is 0 Å². The average molecular weight is 323 g/mol. The van der Waals surface area contributed by atoms with E-state index in [1.807, 2.05) is 13.8 Å². The first-order chi connectivity index (χ1) is 10.9. The van der Waals surface area contributed by atoms with Gasteiger partial charge in [0.25, 0.3) is 0 Å². The molecule has 0 aliphatic heterocycles. The second kappa shape index (κ2) is 9.66. The normalized spacial score (nSPS) is 17.4. The SMILES string of the molecule is CCC(C)CC(C)N=C(C)OC(C)C(OC)c1ccccc1F. The number of hydrogen-bond acceptors (Lipinski definition) is 3. The van der Waals surface area contributed by atoms with Gasteiger partial charge in [0, 0.05) is 19.6 Å². The fourth-order valence-electron chi connectivity index (χ4n) is 2.75. The number of halogens is 1. The first kappa shape index (κ1) is 19.6. The van der Waals surface area contributed by atoms with Gasteiger partial charge in [-0.2, -0.15) is 0 Å². The Kier molecular flexibility index (Phi) is 8.24. The summed E-state index contributed by atoms with van der Waals surface area (Å²) in [5.41, 5.74) is 0.503. The van der Waals surface area contributed by atoms with Gasteiger partial charge >= 0.3 is 0 Å². The second-order valence-electron chi connectivity index (χ2n) is 6.25. The summed E-state index contributed by atoms with van der Waals surface area (Å²) in [6.45, 7) is 10.2. The summed E-state index contributed by atoms with van der Waals surface area (Å²) >= 11 is 0. The minimum Gasteiger partial charge on any atom is -0.475 e. The van der Waals surface area contributed by atoms with Crippen LogP contribution >= 0.6 is 0 Å². The van der Waals surface area contributed by atoms with Crippen LogP contribution in [0.1, 0.15) is 59.1 Å². The maximum Gasteiger partial charge on any atom is 0.180 e. The molecule has 3 nitrogen and oxygen atoms in total. The zero-order valence-electron chi connectivity index (χ0n) is 15.2. The molecule has 4 atom stereocenters. The van der Waals surface area contributed by atoms with E-state index in [0.29, 0.717) is 17.4 Å². The highest BCUT2D eigenvalue weighted by molar-refractivity contribution is 5.73. The van der Waals surface area contributed by atoms with Crippen LogP contribution in [0, 0.1) is 11.7 Å². The smallest absolute Gasteiger partial charge is 0.180 e. The quantitative estimate of drug-likeness (QED) is 0.488. The minimum absolute atomic E-state index is 0.214. The van der Waals surface area contributed by atoms with E-state index in [0.717, 1.165) is 12.8 Å². The van der Waals surface area contributed by atoms with Gasteiger partial charge in [-0.05, 0) is 32.3 Å². The van der Waals surface area contributed by atoms with Crippen molar-refractivity contribution in [3.05, 3.63) is 35.6 Å². The van der Waals surface area contributed by atoms with Crippen molar-refractivity contribution in [2.75, 3.05) is 7.11 Å². The predicted molar refractivity (Wildman–Crippen MR) is 93.3 cm³/mol. The Morgan fingerprint density at radius 1 is 1.22 bits per heavy atom. The molecule has 0 spiro atoms. The highest BCUT2D eigenvalue weighted by Gasteiger charge is 2.23. The van der Waals surface area contributed by atoms with Gasteiger partial charge in [-0.3, -0.25) is 4.99 Å². The van der Waals surface area contributed by atoms with Gasteiger partial charge in [-0.1, -0.05) is 38.5 Å². The Labute approximate surface area is 139 Å². The molecule has 1 aromatic rings. The van der Waals surface area contributed by atoms with Crippen LogP contribution in [0.15, 0.2) is 29.3 Å². The third-order valence-corrected chi connectivity index (χ3v) is 4.09. The van der Waals surface area contributed by atoms with Gasteiger partial charge in [-0.25, -0.2) is 4.39 Å². The molecular formula is C19H30FNO2. The predicted octanol–water partition coefficient (Wildman–Crippen LogP) is 5.16. The molecule has 0 aromatic heterocycles. The topological polar surface area (TPSA) is 30.8 Å². The molecule has 23 heavy (non-hydrogen) atoms. The van der Waals surface area contributed by atoms with E-state index >= 15 is 0 Å². The number of benzene rings is 1. The van der Waals surface area contributed by atoms with Crippen LogP contribution in [-0.4, -0.2) is 25.2 Å². The van der Waals surface area contributed by atoms with E-state index in [9.17, 15) is 4.39 Å². The van der Waals surface area contributed by atoms with Crippen molar-refractivity contribution in [1.29, 1.82) is 0 Å². The summed E-state index contributed by atoms with van der Waals surface area (Å²) in [5.74, 6) is 0.977. The summed E-state index contributed by atoms with van der Waals surface area (Å²) in [6, 6.07) is 6.84. The monoisotopic (exact) mass is 323 g/mol. The molecule has 0 bridgehead atoms. The molecule has 0 fully saturated rings. The Hall–Kier alpha value is -1.42. The number of aliphatic imine (C=N–C) groups is 1. The van der Waals surface area contributed by atoms with Gasteiger partial charge in [0.1, 0.15) is 18.0 Å².